The van der Waals surface area contributed by atoms with Crippen molar-refractivity contribution in [1.82, 2.24) is 10.2 Å². The number of ether oxygens (including phenoxy) is 2. The Bertz CT molecular complexity index is 1040. The molecule has 2 bridgehead atoms. The van der Waals surface area contributed by atoms with Crippen molar-refractivity contribution in [2.45, 2.75) is 88.5 Å². The Balaban J connectivity index is 1.80. The molecule has 204 valence electrons. The van der Waals surface area contributed by atoms with E-state index in [1.54, 1.807) is 6.92 Å². The molecule has 8 nitrogen and oxygen atoms in total. The predicted octanol–water partition coefficient (Wildman–Crippen LogP) is 3.36. The first kappa shape index (κ1) is 28.0. The molecule has 37 heavy (non-hydrogen) atoms. The van der Waals surface area contributed by atoms with Crippen LogP contribution in [0.5, 0.6) is 0 Å². The Kier molecular flexibility index (Phi) is 7.56. The van der Waals surface area contributed by atoms with Crippen molar-refractivity contribution in [2.24, 2.45) is 17.3 Å². The molecule has 1 aromatic carbocycles. The van der Waals surface area contributed by atoms with E-state index in [-0.39, 0.29) is 35.3 Å². The van der Waals surface area contributed by atoms with Crippen LogP contribution in [0.4, 0.5) is 0 Å². The van der Waals surface area contributed by atoms with E-state index in [1.807, 2.05) is 44.2 Å². The summed E-state index contributed by atoms with van der Waals surface area (Å²) in [5, 5.41) is 13.7. The summed E-state index contributed by atoms with van der Waals surface area (Å²) in [6.45, 7) is 11.8. The molecule has 1 unspecified atom stereocenters. The number of hydrogen-bond donors (Lipinski definition) is 2. The average molecular weight is 580 g/mol. The lowest BCUT2D eigenvalue weighted by atomic mass is 9.70. The number of nitrogens with zero attached hydrogens (tertiary/aromatic N) is 1. The van der Waals surface area contributed by atoms with E-state index in [4.69, 9.17) is 9.47 Å². The maximum Gasteiger partial charge on any atom is 0.312 e. The molecule has 3 heterocycles. The number of nitrogens with one attached hydrogen (secondary N) is 1. The van der Waals surface area contributed by atoms with Gasteiger partial charge in [-0.2, -0.15) is 0 Å². The first-order valence-electron chi connectivity index (χ1n) is 13.0. The number of esters is 1. The Morgan fingerprint density at radius 1 is 1.24 bits per heavy atom. The Hall–Kier alpha value is -1.97. The van der Waals surface area contributed by atoms with Gasteiger partial charge in [-0.15, -0.1) is 0 Å². The van der Waals surface area contributed by atoms with E-state index >= 15 is 0 Å². The zero-order chi connectivity index (χ0) is 27.3. The first-order valence-corrected chi connectivity index (χ1v) is 14.0. The van der Waals surface area contributed by atoms with Gasteiger partial charge in [0.25, 0.3) is 0 Å². The van der Waals surface area contributed by atoms with Crippen LogP contribution in [0.2, 0.25) is 0 Å². The molecule has 0 radical (unpaired) electrons. The lowest BCUT2D eigenvalue weighted by molar-refractivity contribution is -0.155. The molecule has 4 rings (SSSR count). The van der Waals surface area contributed by atoms with E-state index in [0.29, 0.717) is 18.4 Å². The topological polar surface area (TPSA) is 105 Å². The minimum Gasteiger partial charge on any atom is -0.466 e. The largest absolute Gasteiger partial charge is 0.466 e. The Labute approximate surface area is 227 Å². The van der Waals surface area contributed by atoms with Gasteiger partial charge in [0.2, 0.25) is 11.8 Å². The van der Waals surface area contributed by atoms with Crippen molar-refractivity contribution < 1.29 is 29.0 Å². The third kappa shape index (κ3) is 4.94. The first-order chi connectivity index (χ1) is 17.3. The van der Waals surface area contributed by atoms with Crippen LogP contribution in [-0.4, -0.2) is 69.1 Å². The van der Waals surface area contributed by atoms with Crippen molar-refractivity contribution in [3.8, 4) is 0 Å². The molecule has 9 heteroatoms. The fourth-order valence-corrected chi connectivity index (χ4v) is 7.95. The summed E-state index contributed by atoms with van der Waals surface area (Å²) < 4.78 is 11.9. The number of halogens is 1. The van der Waals surface area contributed by atoms with Crippen LogP contribution in [0.25, 0.3) is 0 Å². The summed E-state index contributed by atoms with van der Waals surface area (Å²) in [4.78, 5) is 42.8. The second-order valence-corrected chi connectivity index (χ2v) is 13.6. The highest BCUT2D eigenvalue weighted by Gasteiger charge is 2.77. The van der Waals surface area contributed by atoms with Crippen molar-refractivity contribution in [3.63, 3.8) is 0 Å². The zero-order valence-corrected chi connectivity index (χ0v) is 24.1. The van der Waals surface area contributed by atoms with Gasteiger partial charge in [0.15, 0.2) is 0 Å². The predicted molar refractivity (Wildman–Crippen MR) is 142 cm³/mol. The highest BCUT2D eigenvalue weighted by atomic mass is 79.9. The minimum absolute atomic E-state index is 0.0429. The number of benzene rings is 1. The van der Waals surface area contributed by atoms with Crippen LogP contribution < -0.4 is 5.32 Å². The van der Waals surface area contributed by atoms with E-state index < -0.39 is 47.1 Å². The standard InChI is InChI=1S/C28H39BrN2O6/c1-7-36-25(35)19-20-24(34)31(18(14-32)16-11-9-8-10-12-16)22(28(20)13-17(29)21(19)37-28)23(33)30-27(5,6)15-26(2,3)4/h8-12,17-22,32H,7,13-15H2,1-6H3,(H,30,33)/t17?,18-,19-,20+,21-,22-,28+/m1/s1. The summed E-state index contributed by atoms with van der Waals surface area (Å²) >= 11 is 3.66. The maximum atomic E-state index is 14.2. The van der Waals surface area contributed by atoms with Gasteiger partial charge in [-0.3, -0.25) is 14.4 Å². The molecule has 2 N–H and O–H groups in total. The van der Waals surface area contributed by atoms with Crippen molar-refractivity contribution in [1.29, 1.82) is 0 Å². The van der Waals surface area contributed by atoms with E-state index in [1.165, 1.54) is 4.90 Å². The number of likely N-dealkylation sites (tertiary alicyclic amines) is 1. The molecule has 3 aliphatic heterocycles. The van der Waals surface area contributed by atoms with Crippen molar-refractivity contribution >= 4 is 33.7 Å². The smallest absolute Gasteiger partial charge is 0.312 e. The monoisotopic (exact) mass is 578 g/mol. The van der Waals surface area contributed by atoms with Crippen LogP contribution in [0.15, 0.2) is 30.3 Å². The van der Waals surface area contributed by atoms with E-state index in [9.17, 15) is 19.5 Å². The number of alkyl halides is 1. The normalized spacial score (nSPS) is 31.8. The van der Waals surface area contributed by atoms with Crippen molar-refractivity contribution in [2.75, 3.05) is 13.2 Å². The van der Waals surface area contributed by atoms with Crippen LogP contribution in [0.3, 0.4) is 0 Å². The Morgan fingerprint density at radius 3 is 2.46 bits per heavy atom. The maximum absolute atomic E-state index is 14.2. The summed E-state index contributed by atoms with van der Waals surface area (Å²) in [5.74, 6) is -2.90. The molecule has 7 atom stereocenters. The molecule has 3 saturated heterocycles. The van der Waals surface area contributed by atoms with Gasteiger partial charge in [0.05, 0.1) is 37.2 Å². The molecule has 0 saturated carbocycles. The van der Waals surface area contributed by atoms with Gasteiger partial charge >= 0.3 is 5.97 Å². The molecular formula is C28H39BrN2O6. The van der Waals surface area contributed by atoms with E-state index in [0.717, 1.165) is 0 Å². The van der Waals surface area contributed by atoms with Gasteiger partial charge in [-0.25, -0.2) is 0 Å². The van der Waals surface area contributed by atoms with Gasteiger partial charge in [0, 0.05) is 10.4 Å². The average Bonchev–Trinajstić information content (AvgIpc) is 3.37. The van der Waals surface area contributed by atoms with Gasteiger partial charge < -0.3 is 24.8 Å². The minimum atomic E-state index is -1.21. The lowest BCUT2D eigenvalue weighted by Crippen LogP contribution is -2.60. The number of hydrogen-bond acceptors (Lipinski definition) is 6. The fourth-order valence-electron chi connectivity index (χ4n) is 7.01. The fraction of sp³-hybridized carbons (Fsp3) is 0.679. The number of carbonyl (C=O) groups excluding carboxylic acids is 3. The van der Waals surface area contributed by atoms with Gasteiger partial charge in [-0.1, -0.05) is 67.0 Å². The summed E-state index contributed by atoms with van der Waals surface area (Å²) in [7, 11) is 0. The highest BCUT2D eigenvalue weighted by molar-refractivity contribution is 9.09. The second-order valence-electron chi connectivity index (χ2n) is 12.4. The molecule has 1 spiro atoms. The molecule has 3 fully saturated rings. The van der Waals surface area contributed by atoms with Crippen LogP contribution >= 0.6 is 15.9 Å². The molecule has 3 aliphatic rings. The highest BCUT2D eigenvalue weighted by Crippen LogP contribution is 2.61. The molecular weight excluding hydrogens is 540 g/mol. The number of fused-ring (bicyclic) bond motifs is 1. The SMILES string of the molecule is CCOC(=O)[C@H]1[C@@H]2O[C@@]3(CC2Br)[C@@H]1C(=O)N([C@H](CO)c1ccccc1)[C@@H]3C(=O)NC(C)(C)CC(C)(C)C. The number of aliphatic hydroxyl groups is 1. The summed E-state index contributed by atoms with van der Waals surface area (Å²) in [5.41, 5.74) is -1.11. The number of carbonyl (C=O) groups is 3. The second kappa shape index (κ2) is 9.97. The van der Waals surface area contributed by atoms with Crippen LogP contribution in [0.1, 0.15) is 66.0 Å². The quantitative estimate of drug-likeness (QED) is 0.362. The third-order valence-electron chi connectivity index (χ3n) is 7.66. The molecule has 0 aliphatic carbocycles. The number of aliphatic hydroxyl groups excluding tert-OH is 1. The number of rotatable bonds is 8. The molecule has 0 aromatic heterocycles. The Morgan fingerprint density at radius 2 is 1.89 bits per heavy atom. The zero-order valence-electron chi connectivity index (χ0n) is 22.5. The summed E-state index contributed by atoms with van der Waals surface area (Å²) in [6.07, 6.45) is 0.531. The van der Waals surface area contributed by atoms with E-state index in [2.05, 4.69) is 42.0 Å². The summed E-state index contributed by atoms with van der Waals surface area (Å²) in [6, 6.07) is 7.38. The lowest BCUT2D eigenvalue weighted by Gasteiger charge is -2.40. The molecule has 2 amide bonds. The molecule has 1 aromatic rings. The van der Waals surface area contributed by atoms with Crippen molar-refractivity contribution in [3.05, 3.63) is 35.9 Å². The van der Waals surface area contributed by atoms with Crippen LogP contribution in [-0.2, 0) is 23.9 Å². The third-order valence-corrected chi connectivity index (χ3v) is 8.51. The van der Waals surface area contributed by atoms with Gasteiger partial charge in [-0.05, 0) is 44.6 Å². The van der Waals surface area contributed by atoms with Gasteiger partial charge in [0.1, 0.15) is 11.6 Å². The number of amides is 2. The van der Waals surface area contributed by atoms with Crippen LogP contribution in [0, 0.1) is 17.3 Å².